The highest BCUT2D eigenvalue weighted by Gasteiger charge is 2.32. The number of hydrogen-bond acceptors (Lipinski definition) is 2. The Bertz CT molecular complexity index is 381. The van der Waals surface area contributed by atoms with E-state index in [1.165, 1.54) is 0 Å². The van der Waals surface area contributed by atoms with Gasteiger partial charge in [0.2, 0.25) is 0 Å². The summed E-state index contributed by atoms with van der Waals surface area (Å²) in [6.45, 7) is 2.14. The van der Waals surface area contributed by atoms with Gasteiger partial charge in [-0.05, 0) is 34.5 Å². The van der Waals surface area contributed by atoms with Crippen molar-refractivity contribution in [2.45, 2.75) is 31.9 Å². The van der Waals surface area contributed by atoms with E-state index in [2.05, 4.69) is 38.8 Å². The van der Waals surface area contributed by atoms with Gasteiger partial charge in [0.05, 0.1) is 10.5 Å². The molecule has 2 atom stereocenters. The molecule has 2 N–H and O–H groups in total. The molecule has 0 radical (unpaired) electrons. The van der Waals surface area contributed by atoms with Gasteiger partial charge in [-0.25, -0.2) is 0 Å². The molecule has 0 bridgehead atoms. The van der Waals surface area contributed by atoms with Crippen molar-refractivity contribution in [1.29, 1.82) is 0 Å². The predicted octanol–water partition coefficient (Wildman–Crippen LogP) is 3.77. The monoisotopic (exact) mass is 333 g/mol. The molecule has 1 aliphatic heterocycles. The van der Waals surface area contributed by atoms with Crippen molar-refractivity contribution in [3.8, 4) is 5.75 Å². The van der Waals surface area contributed by atoms with E-state index in [0.717, 1.165) is 33.1 Å². The second-order valence-corrected chi connectivity index (χ2v) is 5.55. The van der Waals surface area contributed by atoms with Crippen LogP contribution in [0.3, 0.4) is 0 Å². The average Bonchev–Trinajstić information content (AvgIpc) is 2.47. The van der Waals surface area contributed by atoms with Gasteiger partial charge < -0.3 is 10.5 Å². The Morgan fingerprint density at radius 2 is 2.13 bits per heavy atom. The molecule has 0 aromatic heterocycles. The summed E-state index contributed by atoms with van der Waals surface area (Å²) in [5.74, 6) is 0.907. The first-order valence-electron chi connectivity index (χ1n) is 5.04. The minimum absolute atomic E-state index is 0.00579. The summed E-state index contributed by atoms with van der Waals surface area (Å²) in [4.78, 5) is 0. The van der Waals surface area contributed by atoms with Crippen LogP contribution in [0.15, 0.2) is 21.1 Å². The third kappa shape index (κ3) is 2.08. The standard InChI is InChI=1S/C11H13Br2NO/c1-2-3-9-10(14)7-4-6(12)5-8(13)11(7)15-9/h4-5,9-10H,2-3,14H2,1H3. The maximum Gasteiger partial charge on any atom is 0.138 e. The summed E-state index contributed by atoms with van der Waals surface area (Å²) in [6.07, 6.45) is 2.21. The van der Waals surface area contributed by atoms with Crippen molar-refractivity contribution >= 4 is 31.9 Å². The molecule has 1 aromatic carbocycles. The quantitative estimate of drug-likeness (QED) is 0.893. The van der Waals surface area contributed by atoms with E-state index in [9.17, 15) is 0 Å². The smallest absolute Gasteiger partial charge is 0.138 e. The fourth-order valence-electron chi connectivity index (χ4n) is 1.90. The highest BCUT2D eigenvalue weighted by atomic mass is 79.9. The van der Waals surface area contributed by atoms with Crippen molar-refractivity contribution in [1.82, 2.24) is 0 Å². The zero-order valence-corrected chi connectivity index (χ0v) is 11.6. The van der Waals surface area contributed by atoms with Crippen molar-refractivity contribution < 1.29 is 4.74 Å². The molecule has 1 heterocycles. The summed E-state index contributed by atoms with van der Waals surface area (Å²) in [5.41, 5.74) is 7.24. The van der Waals surface area contributed by atoms with Crippen molar-refractivity contribution in [3.05, 3.63) is 26.6 Å². The van der Waals surface area contributed by atoms with Crippen LogP contribution in [0, 0.1) is 0 Å². The topological polar surface area (TPSA) is 35.2 Å². The number of nitrogens with two attached hydrogens (primary N) is 1. The van der Waals surface area contributed by atoms with E-state index in [1.54, 1.807) is 0 Å². The lowest BCUT2D eigenvalue weighted by Gasteiger charge is -2.13. The third-order valence-electron chi connectivity index (χ3n) is 2.64. The second-order valence-electron chi connectivity index (χ2n) is 3.78. The fraction of sp³-hybridized carbons (Fsp3) is 0.455. The van der Waals surface area contributed by atoms with Crippen LogP contribution < -0.4 is 10.5 Å². The maximum atomic E-state index is 6.15. The molecule has 15 heavy (non-hydrogen) atoms. The third-order valence-corrected chi connectivity index (χ3v) is 3.69. The maximum absolute atomic E-state index is 6.15. The van der Waals surface area contributed by atoms with Crippen LogP contribution in [-0.2, 0) is 0 Å². The first-order chi connectivity index (χ1) is 7.13. The second kappa shape index (κ2) is 4.44. The Hall–Kier alpha value is -0.0600. The van der Waals surface area contributed by atoms with Gasteiger partial charge in [0.1, 0.15) is 11.9 Å². The van der Waals surface area contributed by atoms with Gasteiger partial charge >= 0.3 is 0 Å². The molecule has 0 saturated carbocycles. The number of fused-ring (bicyclic) bond motifs is 1. The van der Waals surface area contributed by atoms with E-state index in [-0.39, 0.29) is 12.1 Å². The van der Waals surface area contributed by atoms with Gasteiger partial charge in [-0.2, -0.15) is 0 Å². The molecular formula is C11H13Br2NO. The summed E-state index contributed by atoms with van der Waals surface area (Å²) in [6, 6.07) is 4.02. The van der Waals surface area contributed by atoms with E-state index in [1.807, 2.05) is 12.1 Å². The molecule has 0 spiro atoms. The molecule has 2 rings (SSSR count). The van der Waals surface area contributed by atoms with Crippen LogP contribution in [0.2, 0.25) is 0 Å². The molecular weight excluding hydrogens is 322 g/mol. The molecule has 0 amide bonds. The van der Waals surface area contributed by atoms with Crippen molar-refractivity contribution in [2.24, 2.45) is 5.73 Å². The number of hydrogen-bond donors (Lipinski definition) is 1. The highest BCUT2D eigenvalue weighted by molar-refractivity contribution is 9.11. The van der Waals surface area contributed by atoms with Crippen molar-refractivity contribution in [3.63, 3.8) is 0 Å². The molecule has 2 nitrogen and oxygen atoms in total. The highest BCUT2D eigenvalue weighted by Crippen LogP contribution is 2.43. The Balaban J connectivity index is 2.36. The van der Waals surface area contributed by atoms with Gasteiger partial charge in [-0.1, -0.05) is 29.3 Å². The lowest BCUT2D eigenvalue weighted by Crippen LogP contribution is -2.24. The van der Waals surface area contributed by atoms with Crippen LogP contribution >= 0.6 is 31.9 Å². The van der Waals surface area contributed by atoms with E-state index in [0.29, 0.717) is 0 Å². The van der Waals surface area contributed by atoms with Crippen molar-refractivity contribution in [2.75, 3.05) is 0 Å². The Morgan fingerprint density at radius 1 is 1.40 bits per heavy atom. The number of benzene rings is 1. The normalized spacial score (nSPS) is 23.7. The lowest BCUT2D eigenvalue weighted by atomic mass is 10.0. The van der Waals surface area contributed by atoms with E-state index in [4.69, 9.17) is 10.5 Å². The zero-order valence-electron chi connectivity index (χ0n) is 8.47. The molecule has 0 aliphatic carbocycles. The zero-order chi connectivity index (χ0) is 11.0. The van der Waals surface area contributed by atoms with E-state index < -0.39 is 0 Å². The Morgan fingerprint density at radius 3 is 2.80 bits per heavy atom. The van der Waals surface area contributed by atoms with Crippen LogP contribution in [0.4, 0.5) is 0 Å². The molecule has 0 fully saturated rings. The van der Waals surface area contributed by atoms with Gasteiger partial charge in [0.25, 0.3) is 0 Å². The molecule has 82 valence electrons. The summed E-state index contributed by atoms with van der Waals surface area (Å²) < 4.78 is 7.86. The Kier molecular flexibility index (Phi) is 3.38. The number of halogens is 2. The van der Waals surface area contributed by atoms with Crippen LogP contribution in [-0.4, -0.2) is 6.10 Å². The number of rotatable bonds is 2. The van der Waals surface area contributed by atoms with Crippen LogP contribution in [0.1, 0.15) is 31.4 Å². The summed E-state index contributed by atoms with van der Waals surface area (Å²) >= 11 is 6.95. The van der Waals surface area contributed by atoms with Gasteiger partial charge in [-0.15, -0.1) is 0 Å². The SMILES string of the molecule is CCCC1Oc2c(Br)cc(Br)cc2C1N. The summed E-state index contributed by atoms with van der Waals surface area (Å²) in [7, 11) is 0. The first-order valence-corrected chi connectivity index (χ1v) is 6.63. The van der Waals surface area contributed by atoms with Gasteiger partial charge in [-0.3, -0.25) is 0 Å². The minimum atomic E-state index is -0.00579. The minimum Gasteiger partial charge on any atom is -0.487 e. The largest absolute Gasteiger partial charge is 0.487 e. The van der Waals surface area contributed by atoms with Crippen LogP contribution in [0.5, 0.6) is 5.75 Å². The molecule has 0 saturated heterocycles. The summed E-state index contributed by atoms with van der Waals surface area (Å²) in [5, 5.41) is 0. The molecule has 4 heteroatoms. The van der Waals surface area contributed by atoms with Gasteiger partial charge in [0.15, 0.2) is 0 Å². The molecule has 2 unspecified atom stereocenters. The lowest BCUT2D eigenvalue weighted by molar-refractivity contribution is 0.194. The number of ether oxygens (including phenoxy) is 1. The molecule has 1 aliphatic rings. The predicted molar refractivity (Wildman–Crippen MR) is 68.1 cm³/mol. The first kappa shape index (κ1) is 11.4. The van der Waals surface area contributed by atoms with Gasteiger partial charge in [0, 0.05) is 10.0 Å². The fourth-order valence-corrected chi connectivity index (χ4v) is 3.25. The van der Waals surface area contributed by atoms with Crippen LogP contribution in [0.25, 0.3) is 0 Å². The average molecular weight is 335 g/mol. The molecule has 1 aromatic rings. The van der Waals surface area contributed by atoms with E-state index >= 15 is 0 Å². The Labute approximate surface area is 106 Å².